The molecule has 0 bridgehead atoms. The number of hydrogen-bond donors (Lipinski definition) is 1. The lowest BCUT2D eigenvalue weighted by Gasteiger charge is -2.23. The number of rotatable bonds is 3. The summed E-state index contributed by atoms with van der Waals surface area (Å²) in [5, 5.41) is 0. The fraction of sp³-hybridized carbons (Fsp3) is 0.667. The maximum atomic E-state index is 11.8. The number of nitrogens with zero attached hydrogens (tertiary/aromatic N) is 1. The Labute approximate surface area is 95.1 Å². The first-order valence-electron chi connectivity index (χ1n) is 5.81. The lowest BCUT2D eigenvalue weighted by molar-refractivity contribution is -0.0211. The first-order chi connectivity index (χ1) is 7.54. The number of ether oxygens (including phenoxy) is 1. The predicted octanol–water partition coefficient (Wildman–Crippen LogP) is 1.53. The molecule has 2 rings (SSSR count). The van der Waals surface area contributed by atoms with Gasteiger partial charge in [-0.2, -0.15) is 0 Å². The van der Waals surface area contributed by atoms with E-state index in [1.54, 1.807) is 0 Å². The molecule has 1 aliphatic rings. The van der Waals surface area contributed by atoms with Crippen LogP contribution in [-0.2, 0) is 23.2 Å². The minimum Gasteiger partial charge on any atom is -0.368 e. The van der Waals surface area contributed by atoms with E-state index in [9.17, 15) is 4.79 Å². The topological polar surface area (TPSA) is 55.0 Å². The molecule has 1 aromatic rings. The van der Waals surface area contributed by atoms with Gasteiger partial charge in [-0.3, -0.25) is 4.79 Å². The molecule has 0 saturated heterocycles. The summed E-state index contributed by atoms with van der Waals surface area (Å²) in [7, 11) is 0. The van der Waals surface area contributed by atoms with Gasteiger partial charge in [-0.15, -0.1) is 0 Å². The Balaban J connectivity index is 2.44. The highest BCUT2D eigenvalue weighted by Gasteiger charge is 2.26. The van der Waals surface area contributed by atoms with Gasteiger partial charge >= 0.3 is 0 Å². The van der Waals surface area contributed by atoms with Crippen molar-refractivity contribution in [3.05, 3.63) is 27.4 Å². The van der Waals surface area contributed by atoms with Crippen molar-refractivity contribution in [2.75, 3.05) is 6.61 Å². The van der Waals surface area contributed by atoms with E-state index in [4.69, 9.17) is 4.74 Å². The summed E-state index contributed by atoms with van der Waals surface area (Å²) < 4.78 is 5.60. The van der Waals surface area contributed by atoms with E-state index in [-0.39, 0.29) is 5.56 Å². The molecule has 0 aliphatic heterocycles. The van der Waals surface area contributed by atoms with Crippen molar-refractivity contribution in [3.8, 4) is 0 Å². The lowest BCUT2D eigenvalue weighted by Crippen LogP contribution is -2.29. The average Bonchev–Trinajstić information content (AvgIpc) is 2.65. The van der Waals surface area contributed by atoms with Gasteiger partial charge in [0, 0.05) is 12.2 Å². The van der Waals surface area contributed by atoms with E-state index in [2.05, 4.69) is 9.97 Å². The predicted molar refractivity (Wildman–Crippen MR) is 61.5 cm³/mol. The Kier molecular flexibility index (Phi) is 2.84. The Hall–Kier alpha value is -1.16. The molecule has 88 valence electrons. The van der Waals surface area contributed by atoms with Crippen LogP contribution in [-0.4, -0.2) is 16.6 Å². The third-order valence-electron chi connectivity index (χ3n) is 3.02. The lowest BCUT2D eigenvalue weighted by atomic mass is 10.1. The molecule has 0 spiro atoms. The summed E-state index contributed by atoms with van der Waals surface area (Å²) in [5.41, 5.74) is 1.29. The average molecular weight is 222 g/mol. The van der Waals surface area contributed by atoms with E-state index in [1.807, 2.05) is 20.8 Å². The third-order valence-corrected chi connectivity index (χ3v) is 3.02. The smallest absolute Gasteiger partial charge is 0.254 e. The van der Waals surface area contributed by atoms with Gasteiger partial charge in [-0.1, -0.05) is 0 Å². The van der Waals surface area contributed by atoms with Crippen LogP contribution in [0.5, 0.6) is 0 Å². The van der Waals surface area contributed by atoms with Crippen LogP contribution in [0, 0.1) is 0 Å². The highest BCUT2D eigenvalue weighted by molar-refractivity contribution is 5.23. The first-order valence-corrected chi connectivity index (χ1v) is 5.81. The van der Waals surface area contributed by atoms with Crippen LogP contribution in [0.1, 0.15) is 44.3 Å². The van der Waals surface area contributed by atoms with Crippen molar-refractivity contribution in [2.24, 2.45) is 0 Å². The maximum absolute atomic E-state index is 11.8. The zero-order chi connectivity index (χ0) is 11.8. The molecule has 0 unspecified atom stereocenters. The largest absolute Gasteiger partial charge is 0.368 e. The molecule has 4 heteroatoms. The van der Waals surface area contributed by atoms with E-state index < -0.39 is 5.60 Å². The highest BCUT2D eigenvalue weighted by atomic mass is 16.5. The van der Waals surface area contributed by atoms with Crippen LogP contribution in [0.15, 0.2) is 4.79 Å². The minimum atomic E-state index is -0.522. The van der Waals surface area contributed by atoms with Crippen LogP contribution >= 0.6 is 0 Å². The Morgan fingerprint density at radius 3 is 2.88 bits per heavy atom. The van der Waals surface area contributed by atoms with E-state index >= 15 is 0 Å². The van der Waals surface area contributed by atoms with Gasteiger partial charge in [0.15, 0.2) is 0 Å². The Bertz CT molecular complexity index is 449. The molecule has 1 heterocycles. The molecule has 16 heavy (non-hydrogen) atoms. The number of hydrogen-bond acceptors (Lipinski definition) is 3. The molecule has 0 saturated carbocycles. The summed E-state index contributed by atoms with van der Waals surface area (Å²) in [6, 6.07) is 0. The summed E-state index contributed by atoms with van der Waals surface area (Å²) in [6.07, 6.45) is 2.80. The number of aromatic nitrogens is 2. The van der Waals surface area contributed by atoms with E-state index in [0.717, 1.165) is 30.5 Å². The molecule has 1 aromatic heterocycles. The molecule has 1 aliphatic carbocycles. The van der Waals surface area contributed by atoms with Gasteiger partial charge in [0.1, 0.15) is 11.4 Å². The number of nitrogens with one attached hydrogen (secondary N) is 1. The molecule has 0 atom stereocenters. The quantitative estimate of drug-likeness (QED) is 0.843. The van der Waals surface area contributed by atoms with Crippen molar-refractivity contribution in [1.29, 1.82) is 0 Å². The van der Waals surface area contributed by atoms with E-state index in [0.29, 0.717) is 12.4 Å². The molecular weight excluding hydrogens is 204 g/mol. The minimum absolute atomic E-state index is 0.00489. The maximum Gasteiger partial charge on any atom is 0.254 e. The van der Waals surface area contributed by atoms with Crippen LogP contribution < -0.4 is 5.56 Å². The van der Waals surface area contributed by atoms with Gasteiger partial charge < -0.3 is 9.72 Å². The van der Waals surface area contributed by atoms with Crippen molar-refractivity contribution >= 4 is 0 Å². The van der Waals surface area contributed by atoms with Crippen molar-refractivity contribution in [1.82, 2.24) is 9.97 Å². The SMILES string of the molecule is CCOC(C)(C)c1nc2c(c(=O)[nH]1)CCC2. The van der Waals surface area contributed by atoms with Gasteiger partial charge in [0.05, 0.1) is 5.69 Å². The van der Waals surface area contributed by atoms with E-state index in [1.165, 1.54) is 0 Å². The molecule has 0 amide bonds. The number of aromatic amines is 1. The van der Waals surface area contributed by atoms with Gasteiger partial charge in [0.2, 0.25) is 0 Å². The van der Waals surface area contributed by atoms with Gasteiger partial charge in [-0.05, 0) is 40.0 Å². The third kappa shape index (κ3) is 1.89. The van der Waals surface area contributed by atoms with Crippen LogP contribution in [0.2, 0.25) is 0 Å². The van der Waals surface area contributed by atoms with Crippen LogP contribution in [0.4, 0.5) is 0 Å². The fourth-order valence-corrected chi connectivity index (χ4v) is 2.16. The van der Waals surface area contributed by atoms with Crippen molar-refractivity contribution in [3.63, 3.8) is 0 Å². The Morgan fingerprint density at radius 2 is 2.19 bits per heavy atom. The zero-order valence-corrected chi connectivity index (χ0v) is 10.1. The van der Waals surface area contributed by atoms with Gasteiger partial charge in [-0.25, -0.2) is 4.98 Å². The zero-order valence-electron chi connectivity index (χ0n) is 10.1. The van der Waals surface area contributed by atoms with Crippen molar-refractivity contribution in [2.45, 2.75) is 45.6 Å². The van der Waals surface area contributed by atoms with Crippen LogP contribution in [0.3, 0.4) is 0 Å². The first kappa shape index (κ1) is 11.3. The number of fused-ring (bicyclic) bond motifs is 1. The van der Waals surface area contributed by atoms with Gasteiger partial charge in [0.25, 0.3) is 5.56 Å². The fourth-order valence-electron chi connectivity index (χ4n) is 2.16. The summed E-state index contributed by atoms with van der Waals surface area (Å²) in [6.45, 7) is 6.40. The number of H-pyrrole nitrogens is 1. The second-order valence-electron chi connectivity index (χ2n) is 4.64. The summed E-state index contributed by atoms with van der Waals surface area (Å²) in [4.78, 5) is 19.2. The second-order valence-corrected chi connectivity index (χ2v) is 4.64. The molecular formula is C12H18N2O2. The molecule has 4 nitrogen and oxygen atoms in total. The second kappa shape index (κ2) is 4.01. The number of aryl methyl sites for hydroxylation is 1. The monoisotopic (exact) mass is 222 g/mol. The Morgan fingerprint density at radius 1 is 1.44 bits per heavy atom. The summed E-state index contributed by atoms with van der Waals surface area (Å²) in [5.74, 6) is 0.639. The molecule has 0 radical (unpaired) electrons. The molecule has 0 fully saturated rings. The highest BCUT2D eigenvalue weighted by Crippen LogP contribution is 2.23. The molecule has 0 aromatic carbocycles. The van der Waals surface area contributed by atoms with Crippen molar-refractivity contribution < 1.29 is 4.74 Å². The molecule has 1 N–H and O–H groups in total. The summed E-state index contributed by atoms with van der Waals surface area (Å²) >= 11 is 0. The van der Waals surface area contributed by atoms with Crippen LogP contribution in [0.25, 0.3) is 0 Å². The normalized spacial score (nSPS) is 15.2. The standard InChI is InChI=1S/C12H18N2O2/c1-4-16-12(2,3)11-13-9-7-5-6-8(9)10(15)14-11/h4-7H2,1-3H3,(H,13,14,15).